The maximum absolute atomic E-state index is 13.5. The first-order valence-electron chi connectivity index (χ1n) is 21.3. The van der Waals surface area contributed by atoms with E-state index in [4.69, 9.17) is 16.1 Å². The van der Waals surface area contributed by atoms with Crippen LogP contribution in [0.15, 0.2) is 190 Å². The Morgan fingerprint density at radius 2 is 1.03 bits per heavy atom. The number of aromatic amines is 2. The summed E-state index contributed by atoms with van der Waals surface area (Å²) < 4.78 is 59.4. The molecule has 359 valence electrons. The summed E-state index contributed by atoms with van der Waals surface area (Å²) in [6, 6.07) is 28.4. The molecule has 0 atom stereocenters. The summed E-state index contributed by atoms with van der Waals surface area (Å²) in [7, 11) is 1.61. The molecule has 0 saturated carbocycles. The Morgan fingerprint density at radius 3 is 1.60 bits per heavy atom. The van der Waals surface area contributed by atoms with Crippen LogP contribution >= 0.6 is 0 Å². The van der Waals surface area contributed by atoms with Gasteiger partial charge in [-0.2, -0.15) is 0 Å². The van der Waals surface area contributed by atoms with Gasteiger partial charge < -0.3 is 26.3 Å². The molecule has 0 aliphatic rings. The van der Waals surface area contributed by atoms with E-state index in [0.717, 1.165) is 52.0 Å². The van der Waals surface area contributed by atoms with Crippen molar-refractivity contribution < 1.29 is 49.5 Å². The van der Waals surface area contributed by atoms with Gasteiger partial charge in [0.05, 0.1) is 66.4 Å². The van der Waals surface area contributed by atoms with E-state index in [9.17, 15) is 23.4 Å². The van der Waals surface area contributed by atoms with Gasteiger partial charge in [0, 0.05) is 84.8 Å². The number of hydrogen-bond donors (Lipinski definition) is 0. The van der Waals surface area contributed by atoms with Crippen molar-refractivity contribution in [1.29, 1.82) is 0 Å². The summed E-state index contributed by atoms with van der Waals surface area (Å²) in [5, 5.41) is 22.7. The predicted molar refractivity (Wildman–Crippen MR) is 275 cm³/mol. The standard InChI is InChI=1S/C11H10N2O2.C10H6F2N2O.C10H7FN2O.2C10H8N2O.3Al.2Be.3H/c1-15-8-2-3-10(13-6-8)9-7-12-5-4-11(9)14;11-6-3-8(12)10(14-4-6)7-1-2-13-5-9(7)15;11-7-1-2-9(13-5-7)8-3-4-12-6-10(8)14;13-9-5-3-7-12-10(9)8-4-1-2-6-11-8;13-10-4-6-11-7-8(10)9-3-1-2-5-12-9;;;;;;;;/h2-7H,1H3,(H,12,14);1-5,15H;1-6,14H;1-7,13H;1-7H,(H,11,13);;;;;;;;/q;;;;;3*+1;2*+2;;;/p-3. The first-order valence-corrected chi connectivity index (χ1v) is 23.1. The third kappa shape index (κ3) is 17.6. The minimum absolute atomic E-state index is 0. The smallest absolute Gasteiger partial charge is 0.872 e. The van der Waals surface area contributed by atoms with Gasteiger partial charge in [-0.15, -0.1) is 0 Å². The van der Waals surface area contributed by atoms with Crippen LogP contribution in [0.2, 0.25) is 0 Å². The minimum atomic E-state index is -0.729. The number of ether oxygens (including phenoxy) is 1. The molecule has 0 bridgehead atoms. The SMILES string of the molecule is COc1ccc(-c2cnccc2[O][AlH])nc1.Fc1ccc(-c2ccncc2[O][AlH])nc1.Fc1cnc(-c2ccncc2[O][AlH])c(F)c1.[Be+2].[Be+2].[O-]c1cccnc1-c1cccc[nH+]1.[O-]c1ccncc1-c1cccc[nH+]1. The van der Waals surface area contributed by atoms with Crippen molar-refractivity contribution in [3.05, 3.63) is 207 Å². The quantitative estimate of drug-likeness (QED) is 0.175. The maximum atomic E-state index is 13.5. The van der Waals surface area contributed by atoms with E-state index in [1.54, 1.807) is 87.1 Å². The van der Waals surface area contributed by atoms with Crippen LogP contribution in [0.25, 0.3) is 56.4 Å². The topological polar surface area (TPSA) is 214 Å². The molecular formula is C51H39Al3Be2F3N10O6+4. The van der Waals surface area contributed by atoms with Crippen LogP contribution in [0.5, 0.6) is 34.5 Å². The van der Waals surface area contributed by atoms with Crippen LogP contribution in [-0.2, 0) is 0 Å². The van der Waals surface area contributed by atoms with E-state index in [0.29, 0.717) is 34.0 Å². The number of aromatic nitrogens is 10. The van der Waals surface area contributed by atoms with Gasteiger partial charge in [-0.1, -0.05) is 23.6 Å². The Labute approximate surface area is 461 Å². The molecule has 10 rings (SSSR count). The number of hydrogen-bond acceptors (Lipinski definition) is 14. The van der Waals surface area contributed by atoms with E-state index in [1.165, 1.54) is 92.9 Å². The normalized spacial score (nSPS) is 9.65. The number of rotatable bonds is 9. The van der Waals surface area contributed by atoms with Crippen LogP contribution in [0, 0.1) is 17.5 Å². The molecule has 0 aromatic carbocycles. The number of pyridine rings is 10. The number of nitrogens with one attached hydrogen (secondary N) is 2. The van der Waals surface area contributed by atoms with Gasteiger partial charge in [0.2, 0.25) is 11.4 Å². The Hall–Kier alpha value is -7.97. The first kappa shape index (κ1) is 59.6. The van der Waals surface area contributed by atoms with Crippen LogP contribution in [-0.4, -0.2) is 117 Å². The molecule has 2 N–H and O–H groups in total. The Kier molecular flexibility index (Phi) is 25.1. The van der Waals surface area contributed by atoms with E-state index in [-0.39, 0.29) is 43.3 Å². The number of halogens is 3. The molecule has 16 nitrogen and oxygen atoms in total. The molecule has 0 spiro atoms. The fraction of sp³-hybridized carbons (Fsp3) is 0.0196. The molecule has 0 aliphatic carbocycles. The van der Waals surface area contributed by atoms with Crippen molar-refractivity contribution in [2.75, 3.05) is 7.11 Å². The molecule has 0 saturated heterocycles. The van der Waals surface area contributed by atoms with Gasteiger partial charge >= 0.3 is 70.1 Å². The van der Waals surface area contributed by atoms with Crippen molar-refractivity contribution in [2.24, 2.45) is 0 Å². The minimum Gasteiger partial charge on any atom is -0.872 e. The first-order chi connectivity index (χ1) is 35.6. The molecule has 3 radical (unpaired) electrons. The molecule has 10 heterocycles. The molecule has 10 aromatic rings. The summed E-state index contributed by atoms with van der Waals surface area (Å²) in [5.74, 6) is 0.660. The fourth-order valence-electron chi connectivity index (χ4n) is 6.18. The third-order valence-corrected chi connectivity index (χ3v) is 10.6. The Morgan fingerprint density at radius 1 is 0.453 bits per heavy atom. The monoisotopic (exact) mass is 1040 g/mol. The largest absolute Gasteiger partial charge is 2.00 e. The molecule has 0 amide bonds. The Balaban J connectivity index is 0.000000202. The van der Waals surface area contributed by atoms with E-state index in [2.05, 4.69) is 49.8 Å². The van der Waals surface area contributed by atoms with Crippen LogP contribution in [0.3, 0.4) is 0 Å². The molecule has 0 fully saturated rings. The molecular weight excluding hydrogens is 1000 g/mol. The maximum Gasteiger partial charge on any atom is 2.00 e. The zero-order chi connectivity index (χ0) is 51.8. The molecule has 24 heteroatoms. The number of methoxy groups -OCH3 is 1. The van der Waals surface area contributed by atoms with E-state index in [1.807, 2.05) is 54.6 Å². The van der Waals surface area contributed by atoms with Gasteiger partial charge in [0.25, 0.3) is 0 Å². The fourth-order valence-corrected chi connectivity index (χ4v) is 6.90. The van der Waals surface area contributed by atoms with Crippen LogP contribution in [0.1, 0.15) is 0 Å². The summed E-state index contributed by atoms with van der Waals surface area (Å²) >= 11 is 4.04. The summed E-state index contributed by atoms with van der Waals surface area (Å²) in [6.45, 7) is 0. The van der Waals surface area contributed by atoms with Gasteiger partial charge in [-0.3, -0.25) is 34.9 Å². The second kappa shape index (κ2) is 31.6. The van der Waals surface area contributed by atoms with Crippen molar-refractivity contribution >= 4 is 70.1 Å². The predicted octanol–water partition coefficient (Wildman–Crippen LogP) is 4.95. The van der Waals surface area contributed by atoms with Gasteiger partial charge in [0.15, 0.2) is 18.2 Å². The molecule has 0 aliphatic heterocycles. The summed E-state index contributed by atoms with van der Waals surface area (Å²) in [4.78, 5) is 37.7. The average molecular weight is 1040 g/mol. The molecule has 10 aromatic heterocycles. The average Bonchev–Trinajstić information content (AvgIpc) is 3.45. The summed E-state index contributed by atoms with van der Waals surface area (Å²) in [6.07, 6.45) is 21.6. The molecule has 0 unspecified atom stereocenters. The van der Waals surface area contributed by atoms with E-state index < -0.39 is 11.6 Å². The van der Waals surface area contributed by atoms with Crippen molar-refractivity contribution in [3.63, 3.8) is 0 Å². The summed E-state index contributed by atoms with van der Waals surface area (Å²) in [5.41, 5.74) is 6.25. The van der Waals surface area contributed by atoms with Gasteiger partial charge in [0.1, 0.15) is 40.3 Å². The van der Waals surface area contributed by atoms with E-state index >= 15 is 0 Å². The van der Waals surface area contributed by atoms with Crippen LogP contribution < -0.4 is 36.3 Å². The van der Waals surface area contributed by atoms with Crippen molar-refractivity contribution in [2.45, 2.75) is 0 Å². The van der Waals surface area contributed by atoms with Crippen LogP contribution in [0.4, 0.5) is 13.2 Å². The second-order valence-electron chi connectivity index (χ2n) is 14.3. The van der Waals surface area contributed by atoms with Crippen molar-refractivity contribution in [3.8, 4) is 90.9 Å². The zero-order valence-corrected chi connectivity index (χ0v) is 44.3. The number of H-pyrrole nitrogens is 2. The second-order valence-corrected chi connectivity index (χ2v) is 15.1. The zero-order valence-electron chi connectivity index (χ0n) is 40.1. The third-order valence-electron chi connectivity index (χ3n) is 9.65. The molecule has 75 heavy (non-hydrogen) atoms. The van der Waals surface area contributed by atoms with Gasteiger partial charge in [-0.25, -0.2) is 28.1 Å². The number of nitrogens with zero attached hydrogens (tertiary/aromatic N) is 8. The Bertz CT molecular complexity index is 3210. The van der Waals surface area contributed by atoms with Gasteiger partial charge in [-0.05, 0) is 60.7 Å². The van der Waals surface area contributed by atoms with Crippen molar-refractivity contribution in [1.82, 2.24) is 39.9 Å².